The standard InChI is InChI=1S/C23H31NO.C22H29NO.3C21H27NO/c1-17(2)25-22-14-11-18(3)16-21(22)13-12-20-10-7-15-24-23(20)19-8-5-4-6-9-19;1-3-24-21-14-11-17(2)16-20(21)13-12-19-10-7-15-23-22(19)18-8-5-4-6-9-18;2*1-16-10-13-20(23-2)19(15-16)12-11-18-9-6-14-22-21(18)17-7-4-3-5-8-17;1-16-10-11-17(20(15-16)23-2)12-13-19-9-6-14-22-21(19)18-7-4-3-5-8-18/h4-6,8-9,11,14,16-17,20,23-24H,7,10,12-13,15H2,1-3H3;4-6,8-9,11,14,16,19,22-23H,3,7,10,12-13,15H2,1-2H3;2*3-5,7-8,10,13,15,18,21-22H,6,9,11-12,14H2,1-2H3;3-5,7-8,10-11,15,19,21-22H,6,9,12-14H2,1-2H3/t20-,23+;19-,22+;2*18-,21+;19-,21+/m11111/s1/i;;2D3;;. The summed E-state index contributed by atoms with van der Waals surface area (Å²) in [6.45, 7) is 23.2. The molecular formula is C108H141N5O5. The van der Waals surface area contributed by atoms with E-state index in [1.54, 1.807) is 20.3 Å². The third-order valence-corrected chi connectivity index (χ3v) is 25.0. The van der Waals surface area contributed by atoms with Crippen molar-refractivity contribution in [3.8, 4) is 28.7 Å². The number of piperidine rings is 5. The van der Waals surface area contributed by atoms with Gasteiger partial charge >= 0.3 is 0 Å². The molecule has 10 aromatic carbocycles. The first-order chi connectivity index (χ1) is 58.9. The zero-order chi connectivity index (χ0) is 85.1. The quantitative estimate of drug-likeness (QED) is 0.0342. The lowest BCUT2D eigenvalue weighted by atomic mass is 9.82. The fourth-order valence-corrected chi connectivity index (χ4v) is 18.9. The fraction of sp³-hybridized carbons (Fsp3) is 0.444. The highest BCUT2D eigenvalue weighted by Crippen LogP contribution is 2.40. The van der Waals surface area contributed by atoms with Gasteiger partial charge in [0.15, 0.2) is 0 Å². The Bertz CT molecular complexity index is 4630. The third kappa shape index (κ3) is 27.5. The van der Waals surface area contributed by atoms with Crippen LogP contribution in [-0.2, 0) is 32.1 Å². The number of methoxy groups -OCH3 is 3. The summed E-state index contributed by atoms with van der Waals surface area (Å²) in [6.07, 6.45) is 23.9. The largest absolute Gasteiger partial charge is 0.496 e. The first kappa shape index (κ1) is 85.4. The van der Waals surface area contributed by atoms with Gasteiger partial charge in [0.25, 0.3) is 0 Å². The summed E-state index contributed by atoms with van der Waals surface area (Å²) < 4.78 is 50.4. The van der Waals surface area contributed by atoms with E-state index in [1.807, 2.05) is 19.1 Å². The molecule has 5 saturated heterocycles. The van der Waals surface area contributed by atoms with Crippen LogP contribution in [0.25, 0.3) is 0 Å². The number of ether oxygens (including phenoxy) is 5. The topological polar surface area (TPSA) is 106 Å². The summed E-state index contributed by atoms with van der Waals surface area (Å²) in [5, 5.41) is 18.6. The Labute approximate surface area is 715 Å². The minimum absolute atomic E-state index is 0.217. The molecule has 5 aliphatic heterocycles. The Morgan fingerprint density at radius 3 is 0.864 bits per heavy atom. The minimum atomic E-state index is -2.41. The zero-order valence-corrected chi connectivity index (χ0v) is 72.9. The second-order valence-electron chi connectivity index (χ2n) is 34.1. The molecule has 118 heavy (non-hydrogen) atoms. The molecule has 0 aliphatic carbocycles. The van der Waals surface area contributed by atoms with Crippen LogP contribution >= 0.6 is 0 Å². The lowest BCUT2D eigenvalue weighted by molar-refractivity contribution is 0.237. The Balaban J connectivity index is 0.000000148. The van der Waals surface area contributed by atoms with Crippen LogP contribution in [0.2, 0.25) is 0 Å². The molecule has 0 bridgehead atoms. The molecule has 15 rings (SSSR count). The molecule has 10 heteroatoms. The Hall–Kier alpha value is -9.00. The molecule has 0 saturated carbocycles. The van der Waals surface area contributed by atoms with Gasteiger partial charge < -0.3 is 50.3 Å². The number of rotatable bonds is 27. The monoisotopic (exact) mass is 1590 g/mol. The molecule has 0 spiro atoms. The van der Waals surface area contributed by atoms with Gasteiger partial charge in [0.2, 0.25) is 0 Å². The van der Waals surface area contributed by atoms with Gasteiger partial charge in [0.05, 0.1) is 38.1 Å². The normalized spacial score (nSPS) is 21.4. The van der Waals surface area contributed by atoms with E-state index >= 15 is 0 Å². The summed E-state index contributed by atoms with van der Waals surface area (Å²) in [5.41, 5.74) is 19.7. The number of hydrogen-bond donors (Lipinski definition) is 5. The van der Waals surface area contributed by atoms with Gasteiger partial charge in [-0.05, 0) is 338 Å². The van der Waals surface area contributed by atoms with Gasteiger partial charge in [-0.25, -0.2) is 0 Å². The molecule has 5 fully saturated rings. The average Bonchev–Trinajstić information content (AvgIpc) is 0.843. The van der Waals surface area contributed by atoms with Crippen LogP contribution in [0, 0.1) is 64.2 Å². The van der Waals surface area contributed by atoms with Crippen molar-refractivity contribution in [3.63, 3.8) is 0 Å². The van der Waals surface area contributed by atoms with Crippen molar-refractivity contribution in [2.45, 2.75) is 220 Å². The predicted molar refractivity (Wildman–Crippen MR) is 494 cm³/mol. The molecule has 0 aromatic heterocycles. The molecule has 0 amide bonds. The number of aryl methyl sites for hydroxylation is 10. The van der Waals surface area contributed by atoms with Gasteiger partial charge in [0, 0.05) is 30.2 Å². The van der Waals surface area contributed by atoms with Crippen molar-refractivity contribution in [3.05, 3.63) is 326 Å². The van der Waals surface area contributed by atoms with E-state index in [2.05, 4.69) is 300 Å². The highest BCUT2D eigenvalue weighted by Gasteiger charge is 2.32. The lowest BCUT2D eigenvalue weighted by Gasteiger charge is -2.33. The molecule has 628 valence electrons. The van der Waals surface area contributed by atoms with Crippen LogP contribution in [0.3, 0.4) is 0 Å². The smallest absolute Gasteiger partial charge is 0.122 e. The molecule has 5 N–H and O–H groups in total. The zero-order valence-electron chi connectivity index (χ0n) is 75.9. The van der Waals surface area contributed by atoms with E-state index in [1.165, 1.54) is 162 Å². The minimum Gasteiger partial charge on any atom is -0.496 e. The van der Waals surface area contributed by atoms with E-state index < -0.39 is 7.04 Å². The molecule has 10 nitrogen and oxygen atoms in total. The second-order valence-corrected chi connectivity index (χ2v) is 34.1. The summed E-state index contributed by atoms with van der Waals surface area (Å²) >= 11 is 0. The van der Waals surface area contributed by atoms with E-state index in [-0.39, 0.29) is 6.10 Å². The second kappa shape index (κ2) is 48.3. The lowest BCUT2D eigenvalue weighted by Crippen LogP contribution is -2.34. The maximum atomic E-state index is 7.39. The Morgan fingerprint density at radius 1 is 0.305 bits per heavy atom. The van der Waals surface area contributed by atoms with Crippen LogP contribution in [0.15, 0.2) is 243 Å². The summed E-state index contributed by atoms with van der Waals surface area (Å²) in [5.74, 6) is 7.94. The summed E-state index contributed by atoms with van der Waals surface area (Å²) in [4.78, 5) is 0. The van der Waals surface area contributed by atoms with Crippen molar-refractivity contribution >= 4 is 0 Å². The highest BCUT2D eigenvalue weighted by atomic mass is 16.5. The average molecular weight is 1590 g/mol. The van der Waals surface area contributed by atoms with Crippen molar-refractivity contribution in [2.24, 2.45) is 29.6 Å². The molecule has 0 unspecified atom stereocenters. The number of nitrogens with one attached hydrogen (secondary N) is 5. The number of benzene rings is 10. The van der Waals surface area contributed by atoms with Gasteiger partial charge in [-0.3, -0.25) is 0 Å². The molecule has 10 atom stereocenters. The van der Waals surface area contributed by atoms with Crippen LogP contribution in [0.1, 0.15) is 235 Å². The molecule has 10 aromatic rings. The van der Waals surface area contributed by atoms with Gasteiger partial charge in [-0.1, -0.05) is 235 Å². The first-order valence-corrected chi connectivity index (χ1v) is 44.8. The van der Waals surface area contributed by atoms with Crippen LogP contribution in [0.5, 0.6) is 28.7 Å². The van der Waals surface area contributed by atoms with Crippen LogP contribution in [0.4, 0.5) is 0 Å². The SMILES string of the molecule is CCOc1ccc(C)cc1CC[C@H]1CCCN[C@H]1c1ccccc1.COc1cc(C)ccc1CC[C@H]1CCCN[C@H]1c1ccccc1.COc1ccc(C)cc1CC[C@H]1CCCN[C@H]1c1ccccc1.Cc1ccc(OC(C)C)c(CC[C@H]2CCCN[C@H]2c2ccccc2)c1.[2H]C([2H])([2H])Oc1ccc(C)cc1CC[C@H]1CCCN[C@H]1c1ccccc1. The molecule has 0 radical (unpaired) electrons. The van der Waals surface area contributed by atoms with Crippen molar-refractivity contribution in [1.82, 2.24) is 26.6 Å². The first-order valence-electron chi connectivity index (χ1n) is 46.3. The predicted octanol–water partition coefficient (Wildman–Crippen LogP) is 24.6. The Kier molecular flexibility index (Phi) is 35.0. The van der Waals surface area contributed by atoms with E-state index in [0.717, 1.165) is 112 Å². The molecule has 5 heterocycles. The van der Waals surface area contributed by atoms with Gasteiger partial charge in [-0.2, -0.15) is 0 Å². The van der Waals surface area contributed by atoms with Crippen molar-refractivity contribution in [2.75, 3.05) is 60.6 Å². The van der Waals surface area contributed by atoms with E-state index in [9.17, 15) is 0 Å². The number of hydrogen-bond acceptors (Lipinski definition) is 10. The summed E-state index contributed by atoms with van der Waals surface area (Å²) in [6, 6.07) is 88.4. The maximum absolute atomic E-state index is 7.39. The van der Waals surface area contributed by atoms with Gasteiger partial charge in [-0.15, -0.1) is 0 Å². The van der Waals surface area contributed by atoms with Crippen LogP contribution < -0.4 is 50.3 Å². The van der Waals surface area contributed by atoms with E-state index in [0.29, 0.717) is 65.5 Å². The summed E-state index contributed by atoms with van der Waals surface area (Å²) in [7, 11) is 1.12. The van der Waals surface area contributed by atoms with Crippen molar-refractivity contribution < 1.29 is 27.8 Å². The molecule has 5 aliphatic rings. The van der Waals surface area contributed by atoms with Crippen LogP contribution in [-0.4, -0.2) is 66.7 Å². The fourth-order valence-electron chi connectivity index (χ4n) is 18.9. The third-order valence-electron chi connectivity index (χ3n) is 25.0. The highest BCUT2D eigenvalue weighted by molar-refractivity contribution is 5.42. The molecular weight excluding hydrogens is 1450 g/mol. The van der Waals surface area contributed by atoms with Gasteiger partial charge in [0.1, 0.15) is 28.7 Å². The maximum Gasteiger partial charge on any atom is 0.122 e. The van der Waals surface area contributed by atoms with Crippen molar-refractivity contribution in [1.29, 1.82) is 0 Å². The van der Waals surface area contributed by atoms with E-state index in [4.69, 9.17) is 27.8 Å². The Morgan fingerprint density at radius 2 is 0.568 bits per heavy atom.